The van der Waals surface area contributed by atoms with Crippen molar-refractivity contribution in [3.8, 4) is 0 Å². The number of hydrogen-bond acceptors (Lipinski definition) is 4. The Balaban J connectivity index is 2.02. The van der Waals surface area contributed by atoms with Crippen LogP contribution in [-0.4, -0.2) is 39.5 Å². The fraction of sp³-hybridized carbons (Fsp3) is 0.385. The number of aliphatic carboxylic acids is 1. The quantitative estimate of drug-likeness (QED) is 0.642. The minimum atomic E-state index is -1.03. The molecule has 2 N–H and O–H groups in total. The van der Waals surface area contributed by atoms with E-state index < -0.39 is 23.0 Å². The van der Waals surface area contributed by atoms with Crippen molar-refractivity contribution in [3.05, 3.63) is 39.9 Å². The Morgan fingerprint density at radius 3 is 2.81 bits per heavy atom. The molecule has 8 nitrogen and oxygen atoms in total. The first kappa shape index (κ1) is 14.8. The summed E-state index contributed by atoms with van der Waals surface area (Å²) < 4.78 is 0. The van der Waals surface area contributed by atoms with Crippen LogP contribution in [0.3, 0.4) is 0 Å². The van der Waals surface area contributed by atoms with Crippen LogP contribution in [0.5, 0.6) is 0 Å². The van der Waals surface area contributed by atoms with E-state index in [1.54, 1.807) is 18.2 Å². The molecule has 1 aromatic carbocycles. The SMILES string of the molecule is O=C(O)C1CCCN1C(=O)NCc1ccccc1[N+](=O)[O-]. The van der Waals surface area contributed by atoms with Gasteiger partial charge in [0.1, 0.15) is 6.04 Å². The molecule has 1 aliphatic heterocycles. The fourth-order valence-corrected chi connectivity index (χ4v) is 2.38. The van der Waals surface area contributed by atoms with Crippen LogP contribution >= 0.6 is 0 Å². The van der Waals surface area contributed by atoms with E-state index in [2.05, 4.69) is 5.32 Å². The first-order valence-corrected chi connectivity index (χ1v) is 6.50. The minimum Gasteiger partial charge on any atom is -0.480 e. The monoisotopic (exact) mass is 293 g/mol. The largest absolute Gasteiger partial charge is 0.480 e. The lowest BCUT2D eigenvalue weighted by Crippen LogP contribution is -2.45. The fourth-order valence-electron chi connectivity index (χ4n) is 2.38. The zero-order valence-electron chi connectivity index (χ0n) is 11.2. The van der Waals surface area contributed by atoms with E-state index in [0.29, 0.717) is 24.9 Å². The zero-order chi connectivity index (χ0) is 15.4. The number of para-hydroxylation sites is 1. The number of urea groups is 1. The van der Waals surface area contributed by atoms with Crippen molar-refractivity contribution in [2.75, 3.05) is 6.54 Å². The molecular weight excluding hydrogens is 278 g/mol. The minimum absolute atomic E-state index is 0.0151. The summed E-state index contributed by atoms with van der Waals surface area (Å²) in [6.45, 7) is 0.360. The molecule has 1 saturated heterocycles. The Kier molecular flexibility index (Phi) is 4.36. The number of nitro benzene ring substituents is 1. The van der Waals surface area contributed by atoms with E-state index in [1.807, 2.05) is 0 Å². The van der Waals surface area contributed by atoms with E-state index in [9.17, 15) is 19.7 Å². The molecule has 1 aliphatic rings. The highest BCUT2D eigenvalue weighted by Gasteiger charge is 2.33. The second-order valence-corrected chi connectivity index (χ2v) is 4.73. The highest BCUT2D eigenvalue weighted by atomic mass is 16.6. The normalized spacial score (nSPS) is 17.5. The zero-order valence-corrected chi connectivity index (χ0v) is 11.2. The molecule has 0 bridgehead atoms. The first-order chi connectivity index (χ1) is 10.0. The third kappa shape index (κ3) is 3.28. The van der Waals surface area contributed by atoms with Gasteiger partial charge in [-0.2, -0.15) is 0 Å². The summed E-state index contributed by atoms with van der Waals surface area (Å²) in [4.78, 5) is 34.6. The Labute approximate surface area is 120 Å². The number of hydrogen-bond donors (Lipinski definition) is 2. The molecule has 0 aliphatic carbocycles. The van der Waals surface area contributed by atoms with Crippen molar-refractivity contribution in [2.45, 2.75) is 25.4 Å². The van der Waals surface area contributed by atoms with Crippen molar-refractivity contribution in [3.63, 3.8) is 0 Å². The summed E-state index contributed by atoms with van der Waals surface area (Å²) in [6.07, 6.45) is 1.06. The summed E-state index contributed by atoms with van der Waals surface area (Å²) >= 11 is 0. The molecule has 8 heteroatoms. The molecule has 0 aromatic heterocycles. The van der Waals surface area contributed by atoms with Crippen LogP contribution < -0.4 is 5.32 Å². The molecule has 1 heterocycles. The Morgan fingerprint density at radius 1 is 1.43 bits per heavy atom. The van der Waals surface area contributed by atoms with Crippen LogP contribution in [0.15, 0.2) is 24.3 Å². The average molecular weight is 293 g/mol. The van der Waals surface area contributed by atoms with Crippen molar-refractivity contribution >= 4 is 17.7 Å². The van der Waals surface area contributed by atoms with Gasteiger partial charge in [-0.25, -0.2) is 9.59 Å². The summed E-state index contributed by atoms with van der Waals surface area (Å²) in [7, 11) is 0. The van der Waals surface area contributed by atoms with Gasteiger partial charge in [0.15, 0.2) is 0 Å². The van der Waals surface area contributed by atoms with Gasteiger partial charge < -0.3 is 15.3 Å². The highest BCUT2D eigenvalue weighted by Crippen LogP contribution is 2.19. The van der Waals surface area contributed by atoms with Crippen LogP contribution in [-0.2, 0) is 11.3 Å². The molecule has 1 atom stereocenters. The lowest BCUT2D eigenvalue weighted by molar-refractivity contribution is -0.385. The number of carbonyl (C=O) groups is 2. The third-order valence-corrected chi connectivity index (χ3v) is 3.42. The van der Waals surface area contributed by atoms with Crippen LogP contribution in [0, 0.1) is 10.1 Å². The summed E-state index contributed by atoms with van der Waals surface area (Å²) in [5.41, 5.74) is 0.302. The number of nitro groups is 1. The molecule has 1 unspecified atom stereocenters. The van der Waals surface area contributed by atoms with Crippen LogP contribution in [0.2, 0.25) is 0 Å². The number of carboxylic acids is 1. The summed E-state index contributed by atoms with van der Waals surface area (Å²) in [5, 5.41) is 22.4. The lowest BCUT2D eigenvalue weighted by atomic mass is 10.2. The molecule has 1 aromatic rings. The lowest BCUT2D eigenvalue weighted by Gasteiger charge is -2.21. The number of carboxylic acid groups (broad SMARTS) is 1. The number of carbonyl (C=O) groups excluding carboxylic acids is 1. The Morgan fingerprint density at radius 2 is 2.14 bits per heavy atom. The first-order valence-electron chi connectivity index (χ1n) is 6.50. The van der Waals surface area contributed by atoms with Gasteiger partial charge in [0.2, 0.25) is 0 Å². The van der Waals surface area contributed by atoms with Gasteiger partial charge in [-0.1, -0.05) is 18.2 Å². The third-order valence-electron chi connectivity index (χ3n) is 3.42. The van der Waals surface area contributed by atoms with Gasteiger partial charge >= 0.3 is 12.0 Å². The number of benzene rings is 1. The molecule has 2 amide bonds. The molecule has 0 saturated carbocycles. The maximum Gasteiger partial charge on any atom is 0.326 e. The van der Waals surface area contributed by atoms with E-state index >= 15 is 0 Å². The second kappa shape index (κ2) is 6.21. The standard InChI is InChI=1S/C13H15N3O5/c17-12(18)11-6-3-7-15(11)13(19)14-8-9-4-1-2-5-10(9)16(20)21/h1-2,4-5,11H,3,6-8H2,(H,14,19)(H,17,18). The second-order valence-electron chi connectivity index (χ2n) is 4.73. The van der Waals surface area contributed by atoms with Gasteiger partial charge in [0, 0.05) is 18.2 Å². The van der Waals surface area contributed by atoms with Crippen molar-refractivity contribution < 1.29 is 19.6 Å². The molecule has 112 valence electrons. The Hall–Kier alpha value is -2.64. The van der Waals surface area contributed by atoms with Crippen LogP contribution in [0.25, 0.3) is 0 Å². The molecule has 21 heavy (non-hydrogen) atoms. The maximum atomic E-state index is 12.0. The number of amides is 2. The van der Waals surface area contributed by atoms with Gasteiger partial charge in [0.05, 0.1) is 11.5 Å². The van der Waals surface area contributed by atoms with Crippen LogP contribution in [0.4, 0.5) is 10.5 Å². The predicted molar refractivity (Wildman–Crippen MR) is 72.7 cm³/mol. The molecule has 0 radical (unpaired) electrons. The maximum absolute atomic E-state index is 12.0. The van der Waals surface area contributed by atoms with Crippen molar-refractivity contribution in [1.82, 2.24) is 10.2 Å². The number of nitrogens with one attached hydrogen (secondary N) is 1. The smallest absolute Gasteiger partial charge is 0.326 e. The van der Waals surface area contributed by atoms with E-state index in [1.165, 1.54) is 11.0 Å². The van der Waals surface area contributed by atoms with E-state index in [0.717, 1.165) is 0 Å². The van der Waals surface area contributed by atoms with Gasteiger partial charge in [-0.3, -0.25) is 10.1 Å². The molecule has 0 spiro atoms. The summed E-state index contributed by atoms with van der Waals surface area (Å²) in [5.74, 6) is -1.03. The number of rotatable bonds is 4. The average Bonchev–Trinajstić information content (AvgIpc) is 2.94. The summed E-state index contributed by atoms with van der Waals surface area (Å²) in [6, 6.07) is 4.76. The van der Waals surface area contributed by atoms with Crippen molar-refractivity contribution in [1.29, 1.82) is 0 Å². The topological polar surface area (TPSA) is 113 Å². The predicted octanol–water partition coefficient (Wildman–Crippen LogP) is 1.35. The highest BCUT2D eigenvalue weighted by molar-refractivity contribution is 5.83. The number of nitrogens with zero attached hydrogens (tertiary/aromatic N) is 2. The number of likely N-dealkylation sites (tertiary alicyclic amines) is 1. The van der Waals surface area contributed by atoms with Crippen LogP contribution in [0.1, 0.15) is 18.4 Å². The molecule has 1 fully saturated rings. The van der Waals surface area contributed by atoms with Gasteiger partial charge in [0.25, 0.3) is 5.69 Å². The molecular formula is C13H15N3O5. The van der Waals surface area contributed by atoms with Gasteiger partial charge in [-0.05, 0) is 12.8 Å². The van der Waals surface area contributed by atoms with E-state index in [-0.39, 0.29) is 12.2 Å². The Bertz CT molecular complexity index is 575. The van der Waals surface area contributed by atoms with Crippen molar-refractivity contribution in [2.24, 2.45) is 0 Å². The molecule has 2 rings (SSSR count). The van der Waals surface area contributed by atoms with E-state index in [4.69, 9.17) is 5.11 Å². The van der Waals surface area contributed by atoms with Gasteiger partial charge in [-0.15, -0.1) is 0 Å².